The second kappa shape index (κ2) is 61.5. The fourth-order valence-corrected chi connectivity index (χ4v) is 10.8. The van der Waals surface area contributed by atoms with Gasteiger partial charge in [-0.3, -0.25) is 9.36 Å². The largest absolute Gasteiger partial charge is 0.756 e. The summed E-state index contributed by atoms with van der Waals surface area (Å²) in [6, 6.07) is -0.907. The first kappa shape index (κ1) is 77.9. The third kappa shape index (κ3) is 63.5. The zero-order valence-electron chi connectivity index (χ0n) is 53.5. The summed E-state index contributed by atoms with van der Waals surface area (Å²) in [4.78, 5) is 25.6. The summed E-state index contributed by atoms with van der Waals surface area (Å²) in [5, 5.41) is 13.9. The number of phosphoric ester groups is 1. The van der Waals surface area contributed by atoms with E-state index in [4.69, 9.17) is 9.05 Å². The second-order valence-electron chi connectivity index (χ2n) is 24.5. The van der Waals surface area contributed by atoms with E-state index in [1.54, 1.807) is 6.08 Å². The van der Waals surface area contributed by atoms with Gasteiger partial charge in [0.2, 0.25) is 5.91 Å². The molecule has 8 nitrogen and oxygen atoms in total. The third-order valence-corrected chi connectivity index (χ3v) is 16.4. The Morgan fingerprint density at radius 3 is 1.16 bits per heavy atom. The number of allylic oxidation sites excluding steroid dienone is 11. The number of carbonyl (C=O) groups excluding carboxylic acids is 1. The van der Waals surface area contributed by atoms with Gasteiger partial charge in [-0.1, -0.05) is 318 Å². The lowest BCUT2D eigenvalue weighted by Crippen LogP contribution is -2.45. The molecule has 0 radical (unpaired) electrons. The number of nitrogens with zero attached hydrogens (tertiary/aromatic N) is 1. The van der Waals surface area contributed by atoms with Gasteiger partial charge in [0.05, 0.1) is 39.9 Å². The van der Waals surface area contributed by atoms with E-state index in [-0.39, 0.29) is 12.5 Å². The van der Waals surface area contributed by atoms with Gasteiger partial charge < -0.3 is 28.8 Å². The fourth-order valence-electron chi connectivity index (χ4n) is 10.1. The molecule has 0 spiro atoms. The van der Waals surface area contributed by atoms with Crippen molar-refractivity contribution in [3.05, 3.63) is 72.9 Å². The fraction of sp³-hybridized carbons (Fsp3) is 0.817. The lowest BCUT2D eigenvalue weighted by molar-refractivity contribution is -0.870. The van der Waals surface area contributed by atoms with Crippen LogP contribution in [0.5, 0.6) is 0 Å². The van der Waals surface area contributed by atoms with Gasteiger partial charge >= 0.3 is 0 Å². The molecule has 80 heavy (non-hydrogen) atoms. The summed E-state index contributed by atoms with van der Waals surface area (Å²) in [7, 11) is 1.25. The van der Waals surface area contributed by atoms with Crippen LogP contribution in [-0.2, 0) is 18.4 Å². The van der Waals surface area contributed by atoms with Gasteiger partial charge in [-0.2, -0.15) is 0 Å². The lowest BCUT2D eigenvalue weighted by Gasteiger charge is -2.29. The van der Waals surface area contributed by atoms with E-state index in [9.17, 15) is 19.4 Å². The Morgan fingerprint density at radius 1 is 0.450 bits per heavy atom. The molecule has 468 valence electrons. The molecule has 3 unspecified atom stereocenters. The number of rotatable bonds is 63. The van der Waals surface area contributed by atoms with Crippen LogP contribution in [0.1, 0.15) is 322 Å². The van der Waals surface area contributed by atoms with Gasteiger partial charge in [0.15, 0.2) is 0 Å². The molecule has 0 aromatic rings. The van der Waals surface area contributed by atoms with Crippen molar-refractivity contribution < 1.29 is 32.9 Å². The number of unbranched alkanes of at least 4 members (excludes halogenated alkanes) is 40. The normalized spacial score (nSPS) is 14.1. The maximum absolute atomic E-state index is 13.0. The van der Waals surface area contributed by atoms with E-state index in [1.165, 1.54) is 238 Å². The summed E-state index contributed by atoms with van der Waals surface area (Å²) in [6.07, 6.45) is 86.0. The Kier molecular flexibility index (Phi) is 59.9. The molecule has 0 heterocycles. The van der Waals surface area contributed by atoms with Gasteiger partial charge in [0, 0.05) is 6.42 Å². The molecule has 0 aromatic carbocycles. The highest BCUT2D eigenvalue weighted by Gasteiger charge is 2.23. The molecule has 0 aliphatic heterocycles. The lowest BCUT2D eigenvalue weighted by atomic mass is 10.0. The molecule has 0 saturated heterocycles. The topological polar surface area (TPSA) is 108 Å². The Balaban J connectivity index is 4.10. The average molecular weight is 1140 g/mol. The number of hydrogen-bond donors (Lipinski definition) is 2. The molecular formula is C71H133N2O6P. The molecule has 0 rings (SSSR count). The van der Waals surface area contributed by atoms with Crippen molar-refractivity contribution in [3.63, 3.8) is 0 Å². The molecule has 2 N–H and O–H groups in total. The minimum atomic E-state index is -4.61. The van der Waals surface area contributed by atoms with E-state index in [0.717, 1.165) is 64.2 Å². The number of aliphatic hydroxyl groups excluding tert-OH is 1. The van der Waals surface area contributed by atoms with Crippen LogP contribution in [0.3, 0.4) is 0 Å². The number of carbonyl (C=O) groups is 1. The first-order chi connectivity index (χ1) is 39.0. The molecule has 3 atom stereocenters. The highest BCUT2D eigenvalue weighted by Crippen LogP contribution is 2.38. The molecule has 0 aromatic heterocycles. The first-order valence-corrected chi connectivity index (χ1v) is 35.8. The Hall–Kier alpha value is -2.06. The van der Waals surface area contributed by atoms with Crippen LogP contribution in [-0.4, -0.2) is 68.5 Å². The van der Waals surface area contributed by atoms with Crippen molar-refractivity contribution in [3.8, 4) is 0 Å². The predicted molar refractivity (Wildman–Crippen MR) is 348 cm³/mol. The van der Waals surface area contributed by atoms with Crippen LogP contribution in [0.2, 0.25) is 0 Å². The summed E-state index contributed by atoms with van der Waals surface area (Å²) in [6.45, 7) is 4.56. The maximum atomic E-state index is 13.0. The number of hydrogen-bond acceptors (Lipinski definition) is 6. The van der Waals surface area contributed by atoms with E-state index in [0.29, 0.717) is 17.4 Å². The molecule has 0 fully saturated rings. The molecular weight excluding hydrogens is 1010 g/mol. The number of likely N-dealkylation sites (N-methyl/N-ethyl adjacent to an activating group) is 1. The number of phosphoric acid groups is 1. The summed E-state index contributed by atoms with van der Waals surface area (Å²) in [5.74, 6) is -0.204. The Labute approximate surface area is 497 Å². The molecule has 0 aliphatic carbocycles. The van der Waals surface area contributed by atoms with E-state index in [2.05, 4.69) is 79.9 Å². The highest BCUT2D eigenvalue weighted by molar-refractivity contribution is 7.45. The number of aliphatic hydroxyl groups is 1. The zero-order chi connectivity index (χ0) is 58.4. The van der Waals surface area contributed by atoms with Crippen LogP contribution in [0.15, 0.2) is 72.9 Å². The Morgan fingerprint density at radius 2 is 0.775 bits per heavy atom. The molecule has 0 bridgehead atoms. The Bertz CT molecular complexity index is 1530. The van der Waals surface area contributed by atoms with Crippen LogP contribution >= 0.6 is 7.82 Å². The summed E-state index contributed by atoms with van der Waals surface area (Å²) >= 11 is 0. The summed E-state index contributed by atoms with van der Waals surface area (Å²) in [5.41, 5.74) is 0. The minimum absolute atomic E-state index is 0.00695. The number of nitrogens with one attached hydrogen (secondary N) is 1. The minimum Gasteiger partial charge on any atom is -0.756 e. The zero-order valence-corrected chi connectivity index (χ0v) is 54.4. The van der Waals surface area contributed by atoms with Crippen molar-refractivity contribution in [1.29, 1.82) is 0 Å². The molecule has 9 heteroatoms. The van der Waals surface area contributed by atoms with Gasteiger partial charge in [-0.15, -0.1) is 0 Å². The van der Waals surface area contributed by atoms with Crippen molar-refractivity contribution in [1.82, 2.24) is 5.32 Å². The van der Waals surface area contributed by atoms with Gasteiger partial charge in [0.25, 0.3) is 7.82 Å². The quantitative estimate of drug-likeness (QED) is 0.0272. The van der Waals surface area contributed by atoms with Gasteiger partial charge in [-0.25, -0.2) is 0 Å². The van der Waals surface area contributed by atoms with Crippen LogP contribution < -0.4 is 10.2 Å². The SMILES string of the molecule is CC/C=C\C/C=C\C/C=C\C/C=C\CCCCCCCCCCCCCCCCCCCCC(=O)NC(COP(=O)([O-])OCC[N+](C)(C)C)C(O)/C=C/CC/C=C/CCCCCCCCCCCCCCCCCCCCCCC. The average Bonchev–Trinajstić information content (AvgIpc) is 3.42. The van der Waals surface area contributed by atoms with E-state index < -0.39 is 26.6 Å². The van der Waals surface area contributed by atoms with Crippen molar-refractivity contribution in [2.24, 2.45) is 0 Å². The number of amides is 1. The maximum Gasteiger partial charge on any atom is 0.268 e. The summed E-state index contributed by atoms with van der Waals surface area (Å²) < 4.78 is 23.4. The smallest absolute Gasteiger partial charge is 0.268 e. The second-order valence-corrected chi connectivity index (χ2v) is 25.9. The standard InChI is InChI=1S/C71H133N2O6P/c1-6-8-10-12-14-16-18-20-22-24-26-28-30-32-34-35-36-37-39-41-43-45-47-49-51-53-55-57-59-61-63-65-71(75)72-69(68-79-80(76,77)78-67-66-73(3,4)5)70(74)64-62-60-58-56-54-52-50-48-46-44-42-40-38-33-31-29-27-25-23-21-19-17-15-13-11-9-7-2/h8,10,14,16,20,22,26,28,54,56,62,64,69-70,74H,6-7,9,11-13,15,17-19,21,23-25,27,29-53,55,57-61,63,65-68H2,1-5H3,(H-,72,75,76,77)/b10-8-,16-14-,22-20-,28-26-,56-54+,64-62+. The number of quaternary nitrogens is 1. The molecule has 0 aliphatic rings. The van der Waals surface area contributed by atoms with Crippen LogP contribution in [0.25, 0.3) is 0 Å². The van der Waals surface area contributed by atoms with E-state index in [1.807, 2.05) is 27.2 Å². The van der Waals surface area contributed by atoms with Crippen molar-refractivity contribution >= 4 is 13.7 Å². The molecule has 1 amide bonds. The van der Waals surface area contributed by atoms with E-state index >= 15 is 0 Å². The van der Waals surface area contributed by atoms with Crippen LogP contribution in [0, 0.1) is 0 Å². The van der Waals surface area contributed by atoms with Gasteiger partial charge in [0.1, 0.15) is 13.2 Å². The third-order valence-electron chi connectivity index (χ3n) is 15.4. The first-order valence-electron chi connectivity index (χ1n) is 34.3. The van der Waals surface area contributed by atoms with Crippen LogP contribution in [0.4, 0.5) is 0 Å². The van der Waals surface area contributed by atoms with Gasteiger partial charge in [-0.05, 0) is 70.6 Å². The van der Waals surface area contributed by atoms with Crippen molar-refractivity contribution in [2.75, 3.05) is 40.9 Å². The van der Waals surface area contributed by atoms with Crippen molar-refractivity contribution in [2.45, 2.75) is 334 Å². The monoisotopic (exact) mass is 1140 g/mol. The predicted octanol–water partition coefficient (Wildman–Crippen LogP) is 21.1. The molecule has 0 saturated carbocycles. The highest BCUT2D eigenvalue weighted by atomic mass is 31.2.